The smallest absolute Gasteiger partial charge is 0.267 e. The van der Waals surface area contributed by atoms with Gasteiger partial charge in [-0.1, -0.05) is 61.9 Å². The number of para-hydroxylation sites is 1. The molecule has 112 valence electrons. The standard InChI is InChI=1S/C19H20N2O/c1-13(2)18-17(15-11-9-14(3)10-12-15)19(22)20-21(18)16-7-5-4-6-8-16/h4-13H,1-3H3,(H,20,22). The van der Waals surface area contributed by atoms with E-state index in [1.807, 2.05) is 66.2 Å². The van der Waals surface area contributed by atoms with Crippen LogP contribution in [0.15, 0.2) is 59.4 Å². The summed E-state index contributed by atoms with van der Waals surface area (Å²) in [5.41, 5.74) is 4.86. The SMILES string of the molecule is Cc1ccc(-c2c(C(C)C)n(-c3ccccc3)[nH]c2=O)cc1. The Balaban J connectivity index is 2.25. The van der Waals surface area contributed by atoms with Crippen molar-refractivity contribution < 1.29 is 0 Å². The maximum atomic E-state index is 12.5. The van der Waals surface area contributed by atoms with E-state index in [1.54, 1.807) is 0 Å². The van der Waals surface area contributed by atoms with Crippen LogP contribution in [0.5, 0.6) is 0 Å². The lowest BCUT2D eigenvalue weighted by Crippen LogP contribution is -2.05. The van der Waals surface area contributed by atoms with Crippen molar-refractivity contribution in [2.75, 3.05) is 0 Å². The number of benzene rings is 2. The Morgan fingerprint density at radius 1 is 0.955 bits per heavy atom. The van der Waals surface area contributed by atoms with Gasteiger partial charge in [-0.15, -0.1) is 0 Å². The zero-order chi connectivity index (χ0) is 15.7. The zero-order valence-electron chi connectivity index (χ0n) is 13.1. The van der Waals surface area contributed by atoms with Crippen molar-refractivity contribution in [2.24, 2.45) is 0 Å². The number of nitrogens with one attached hydrogen (secondary N) is 1. The van der Waals surface area contributed by atoms with Crippen molar-refractivity contribution in [3.05, 3.63) is 76.2 Å². The van der Waals surface area contributed by atoms with E-state index in [9.17, 15) is 4.79 Å². The molecule has 1 heterocycles. The van der Waals surface area contributed by atoms with Crippen molar-refractivity contribution in [1.82, 2.24) is 9.78 Å². The Morgan fingerprint density at radius 2 is 1.59 bits per heavy atom. The van der Waals surface area contributed by atoms with Crippen molar-refractivity contribution in [3.63, 3.8) is 0 Å². The van der Waals surface area contributed by atoms with Crippen LogP contribution in [0.3, 0.4) is 0 Å². The minimum Gasteiger partial charge on any atom is -0.267 e. The summed E-state index contributed by atoms with van der Waals surface area (Å²) in [7, 11) is 0. The van der Waals surface area contributed by atoms with Crippen LogP contribution in [0.25, 0.3) is 16.8 Å². The molecule has 0 radical (unpaired) electrons. The van der Waals surface area contributed by atoms with Gasteiger partial charge in [0.05, 0.1) is 16.9 Å². The Morgan fingerprint density at radius 3 is 2.18 bits per heavy atom. The minimum absolute atomic E-state index is 0.0450. The lowest BCUT2D eigenvalue weighted by molar-refractivity contribution is 0.732. The van der Waals surface area contributed by atoms with E-state index >= 15 is 0 Å². The summed E-state index contributed by atoms with van der Waals surface area (Å²) >= 11 is 0. The lowest BCUT2D eigenvalue weighted by Gasteiger charge is -2.13. The van der Waals surface area contributed by atoms with Gasteiger partial charge in [0.15, 0.2) is 0 Å². The molecular formula is C19H20N2O. The Kier molecular flexibility index (Phi) is 3.72. The summed E-state index contributed by atoms with van der Waals surface area (Å²) in [5.74, 6) is 0.232. The number of hydrogen-bond acceptors (Lipinski definition) is 1. The van der Waals surface area contributed by atoms with Crippen molar-refractivity contribution in [3.8, 4) is 16.8 Å². The highest BCUT2D eigenvalue weighted by atomic mass is 16.1. The molecule has 2 aromatic carbocycles. The first kappa shape index (κ1) is 14.4. The number of aromatic amines is 1. The highest BCUT2D eigenvalue weighted by Crippen LogP contribution is 2.28. The van der Waals surface area contributed by atoms with Crippen LogP contribution < -0.4 is 5.56 Å². The summed E-state index contributed by atoms with van der Waals surface area (Å²) < 4.78 is 1.90. The van der Waals surface area contributed by atoms with E-state index < -0.39 is 0 Å². The van der Waals surface area contributed by atoms with Crippen molar-refractivity contribution >= 4 is 0 Å². The molecule has 0 fully saturated rings. The molecule has 1 N–H and O–H groups in total. The van der Waals surface area contributed by atoms with Gasteiger partial charge in [-0.25, -0.2) is 0 Å². The molecular weight excluding hydrogens is 272 g/mol. The van der Waals surface area contributed by atoms with E-state index in [0.717, 1.165) is 22.5 Å². The average Bonchev–Trinajstić information content (AvgIpc) is 2.87. The molecule has 0 saturated heterocycles. The first-order valence-corrected chi connectivity index (χ1v) is 7.55. The minimum atomic E-state index is -0.0450. The van der Waals surface area contributed by atoms with Crippen LogP contribution in [0, 0.1) is 6.92 Å². The topological polar surface area (TPSA) is 37.8 Å². The summed E-state index contributed by atoms with van der Waals surface area (Å²) in [6.45, 7) is 6.27. The van der Waals surface area contributed by atoms with Gasteiger partial charge >= 0.3 is 0 Å². The highest BCUT2D eigenvalue weighted by Gasteiger charge is 2.19. The molecule has 1 aromatic heterocycles. The number of aryl methyl sites for hydroxylation is 1. The number of rotatable bonds is 3. The molecule has 0 unspecified atom stereocenters. The van der Waals surface area contributed by atoms with Crippen LogP contribution in [0.2, 0.25) is 0 Å². The highest BCUT2D eigenvalue weighted by molar-refractivity contribution is 5.67. The third kappa shape index (κ3) is 2.50. The molecule has 3 nitrogen and oxygen atoms in total. The van der Waals surface area contributed by atoms with Gasteiger partial charge in [0.1, 0.15) is 0 Å². The summed E-state index contributed by atoms with van der Waals surface area (Å²) in [6, 6.07) is 18.0. The van der Waals surface area contributed by atoms with E-state index in [4.69, 9.17) is 0 Å². The van der Waals surface area contributed by atoms with Gasteiger partial charge < -0.3 is 0 Å². The average molecular weight is 292 g/mol. The van der Waals surface area contributed by atoms with E-state index in [1.165, 1.54) is 5.56 Å². The third-order valence-corrected chi connectivity index (χ3v) is 3.84. The molecule has 0 aliphatic rings. The second kappa shape index (κ2) is 5.68. The fourth-order valence-corrected chi connectivity index (χ4v) is 2.77. The second-order valence-corrected chi connectivity index (χ2v) is 5.89. The Hall–Kier alpha value is -2.55. The van der Waals surface area contributed by atoms with Gasteiger partial charge in [-0.2, -0.15) is 0 Å². The first-order chi connectivity index (χ1) is 10.6. The van der Waals surface area contributed by atoms with Gasteiger partial charge in [-0.05, 0) is 30.5 Å². The fraction of sp³-hybridized carbons (Fsp3) is 0.211. The first-order valence-electron chi connectivity index (χ1n) is 7.55. The molecule has 0 atom stereocenters. The largest absolute Gasteiger partial charge is 0.272 e. The number of H-pyrrole nitrogens is 1. The molecule has 0 aliphatic carbocycles. The van der Waals surface area contributed by atoms with Gasteiger partial charge in [-0.3, -0.25) is 14.6 Å². The molecule has 0 saturated carbocycles. The quantitative estimate of drug-likeness (QED) is 0.769. The summed E-state index contributed by atoms with van der Waals surface area (Å²) in [5, 5.41) is 2.99. The Labute approximate surface area is 130 Å². The van der Waals surface area contributed by atoms with Gasteiger partial charge in [0.25, 0.3) is 5.56 Å². The van der Waals surface area contributed by atoms with Crippen LogP contribution >= 0.6 is 0 Å². The zero-order valence-corrected chi connectivity index (χ0v) is 13.1. The Bertz CT molecular complexity index is 824. The summed E-state index contributed by atoms with van der Waals surface area (Å²) in [6.07, 6.45) is 0. The predicted molar refractivity (Wildman–Crippen MR) is 90.7 cm³/mol. The molecule has 0 spiro atoms. The second-order valence-electron chi connectivity index (χ2n) is 5.89. The van der Waals surface area contributed by atoms with Crippen LogP contribution in [0.1, 0.15) is 31.0 Å². The van der Waals surface area contributed by atoms with E-state index in [-0.39, 0.29) is 11.5 Å². The van der Waals surface area contributed by atoms with E-state index in [2.05, 4.69) is 18.9 Å². The molecule has 3 rings (SSSR count). The van der Waals surface area contributed by atoms with Gasteiger partial charge in [0, 0.05) is 0 Å². The molecule has 22 heavy (non-hydrogen) atoms. The van der Waals surface area contributed by atoms with Crippen LogP contribution in [-0.4, -0.2) is 9.78 Å². The maximum absolute atomic E-state index is 12.5. The van der Waals surface area contributed by atoms with Crippen molar-refractivity contribution in [1.29, 1.82) is 0 Å². The fourth-order valence-electron chi connectivity index (χ4n) is 2.77. The third-order valence-electron chi connectivity index (χ3n) is 3.84. The predicted octanol–water partition coefficient (Wildman–Crippen LogP) is 4.26. The monoisotopic (exact) mass is 292 g/mol. The number of aromatic nitrogens is 2. The van der Waals surface area contributed by atoms with E-state index in [0.29, 0.717) is 0 Å². The number of hydrogen-bond donors (Lipinski definition) is 1. The molecule has 0 amide bonds. The molecule has 3 heteroatoms. The van der Waals surface area contributed by atoms with Crippen LogP contribution in [0.4, 0.5) is 0 Å². The van der Waals surface area contributed by atoms with Crippen LogP contribution in [-0.2, 0) is 0 Å². The molecule has 0 aliphatic heterocycles. The maximum Gasteiger partial charge on any atom is 0.272 e. The van der Waals surface area contributed by atoms with Crippen molar-refractivity contribution in [2.45, 2.75) is 26.7 Å². The normalized spacial score (nSPS) is 11.1. The number of nitrogens with zero attached hydrogens (tertiary/aromatic N) is 1. The molecule has 0 bridgehead atoms. The summed E-state index contributed by atoms with van der Waals surface area (Å²) in [4.78, 5) is 12.5. The van der Waals surface area contributed by atoms with Gasteiger partial charge in [0.2, 0.25) is 0 Å². The lowest BCUT2D eigenvalue weighted by atomic mass is 9.98. The molecule has 3 aromatic rings.